The topological polar surface area (TPSA) is 58.2 Å². The number of aryl methyl sites for hydroxylation is 1. The van der Waals surface area contributed by atoms with Crippen molar-refractivity contribution in [1.29, 1.82) is 0 Å². The molecule has 0 radical (unpaired) electrons. The molecule has 0 fully saturated rings. The van der Waals surface area contributed by atoms with Crippen LogP contribution in [0.1, 0.15) is 22.8 Å². The van der Waals surface area contributed by atoms with Crippen molar-refractivity contribution in [2.75, 3.05) is 10.6 Å². The molecule has 3 rings (SSSR count). The van der Waals surface area contributed by atoms with Crippen LogP contribution in [-0.4, -0.2) is 17.1 Å². The Hall–Kier alpha value is -1.92. The number of thioether (sulfide) groups is 1. The first-order valence-corrected chi connectivity index (χ1v) is 8.49. The number of carbonyl (C=O) groups excluding carboxylic acids is 2. The second kappa shape index (κ2) is 6.29. The zero-order valence-corrected chi connectivity index (χ0v) is 14.4. The van der Waals surface area contributed by atoms with E-state index in [1.54, 1.807) is 12.1 Å². The summed E-state index contributed by atoms with van der Waals surface area (Å²) in [5.41, 5.74) is 2.91. The molecular formula is C17H16N2O2S2. The summed E-state index contributed by atoms with van der Waals surface area (Å²) >= 11 is 5.82. The number of anilines is 2. The monoisotopic (exact) mass is 344 g/mol. The molecule has 1 aliphatic rings. The Kier molecular flexibility index (Phi) is 4.37. The first-order chi connectivity index (χ1) is 10.9. The van der Waals surface area contributed by atoms with E-state index >= 15 is 0 Å². The van der Waals surface area contributed by atoms with Crippen molar-refractivity contribution in [3.05, 3.63) is 47.5 Å². The van der Waals surface area contributed by atoms with Crippen molar-refractivity contribution < 1.29 is 9.59 Å². The predicted octanol–water partition coefficient (Wildman–Crippen LogP) is 3.97. The second-order valence-corrected chi connectivity index (χ2v) is 7.28. The Bertz CT molecular complexity index is 805. The van der Waals surface area contributed by atoms with Gasteiger partial charge in [0.05, 0.1) is 10.9 Å². The van der Waals surface area contributed by atoms with Gasteiger partial charge in [-0.15, -0.1) is 24.4 Å². The number of rotatable bonds is 2. The molecule has 6 heteroatoms. The highest BCUT2D eigenvalue weighted by atomic mass is 32.2. The summed E-state index contributed by atoms with van der Waals surface area (Å²) in [5.74, 6) is -0.253. The van der Waals surface area contributed by atoms with Crippen LogP contribution in [0, 0.1) is 6.92 Å². The highest BCUT2D eigenvalue weighted by molar-refractivity contribution is 8.00. The zero-order valence-electron chi connectivity index (χ0n) is 12.7. The summed E-state index contributed by atoms with van der Waals surface area (Å²) in [7, 11) is 0. The molecule has 0 saturated carbocycles. The Labute approximate surface area is 144 Å². The maximum atomic E-state index is 12.4. The van der Waals surface area contributed by atoms with Gasteiger partial charge in [0.1, 0.15) is 0 Å². The van der Waals surface area contributed by atoms with Gasteiger partial charge in [0.25, 0.3) is 5.91 Å². The largest absolute Gasteiger partial charge is 0.324 e. The van der Waals surface area contributed by atoms with Crippen LogP contribution in [0.15, 0.2) is 46.2 Å². The molecule has 1 unspecified atom stereocenters. The first-order valence-electron chi connectivity index (χ1n) is 7.16. The molecular weight excluding hydrogens is 328 g/mol. The summed E-state index contributed by atoms with van der Waals surface area (Å²) < 4.78 is 0. The van der Waals surface area contributed by atoms with Crippen LogP contribution < -0.4 is 10.6 Å². The lowest BCUT2D eigenvalue weighted by Crippen LogP contribution is -2.26. The van der Waals surface area contributed by atoms with Crippen molar-refractivity contribution >= 4 is 47.6 Å². The molecule has 1 heterocycles. The van der Waals surface area contributed by atoms with Gasteiger partial charge < -0.3 is 10.6 Å². The normalized spacial score (nSPS) is 16.5. The minimum atomic E-state index is -0.211. The Morgan fingerprint density at radius 3 is 2.78 bits per heavy atom. The molecule has 0 spiro atoms. The fraction of sp³-hybridized carbons (Fsp3) is 0.176. The number of benzene rings is 2. The lowest BCUT2D eigenvalue weighted by molar-refractivity contribution is -0.115. The third-order valence-corrected chi connectivity index (χ3v) is 5.31. The number of nitrogens with one attached hydrogen (secondary N) is 2. The zero-order chi connectivity index (χ0) is 16.6. The number of carbonyl (C=O) groups is 2. The van der Waals surface area contributed by atoms with E-state index in [9.17, 15) is 9.59 Å². The summed E-state index contributed by atoms with van der Waals surface area (Å²) in [6.45, 7) is 3.79. The van der Waals surface area contributed by atoms with Crippen molar-refractivity contribution in [3.8, 4) is 0 Å². The number of amides is 2. The first kappa shape index (κ1) is 16.0. The molecule has 1 aliphatic heterocycles. The minimum Gasteiger partial charge on any atom is -0.324 e. The molecule has 2 N–H and O–H groups in total. The third kappa shape index (κ3) is 3.38. The van der Waals surface area contributed by atoms with E-state index in [-0.39, 0.29) is 17.1 Å². The molecule has 118 valence electrons. The van der Waals surface area contributed by atoms with Crippen LogP contribution in [0.3, 0.4) is 0 Å². The number of hydrogen-bond donors (Lipinski definition) is 3. The molecule has 1 atom stereocenters. The fourth-order valence-corrected chi connectivity index (χ4v) is 3.36. The molecule has 0 aliphatic carbocycles. The SMILES string of the molecule is Cc1cc(NC(=O)c2ccc3c(c2)NC(=O)C(C)S3)ccc1S. The van der Waals surface area contributed by atoms with Gasteiger partial charge in [-0.2, -0.15) is 0 Å². The van der Waals surface area contributed by atoms with Crippen LogP contribution in [0.5, 0.6) is 0 Å². The molecule has 2 amide bonds. The van der Waals surface area contributed by atoms with E-state index in [2.05, 4.69) is 23.3 Å². The highest BCUT2D eigenvalue weighted by Gasteiger charge is 2.23. The minimum absolute atomic E-state index is 0.0416. The molecule has 0 bridgehead atoms. The van der Waals surface area contributed by atoms with E-state index in [1.807, 2.05) is 38.1 Å². The van der Waals surface area contributed by atoms with E-state index in [0.717, 1.165) is 21.0 Å². The molecule has 4 nitrogen and oxygen atoms in total. The van der Waals surface area contributed by atoms with Gasteiger partial charge in [-0.05, 0) is 55.8 Å². The average Bonchev–Trinajstić information content (AvgIpc) is 2.51. The standard InChI is InChI=1S/C17H16N2O2S2/c1-9-7-12(4-5-14(9)22)18-17(21)11-3-6-15-13(8-11)19-16(20)10(2)23-15/h3-8,10,22H,1-2H3,(H,18,21)(H,19,20). The number of fused-ring (bicyclic) bond motifs is 1. The maximum absolute atomic E-state index is 12.4. The van der Waals surface area contributed by atoms with Crippen LogP contribution in [0.4, 0.5) is 11.4 Å². The van der Waals surface area contributed by atoms with Crippen LogP contribution in [-0.2, 0) is 4.79 Å². The summed E-state index contributed by atoms with van der Waals surface area (Å²) in [6, 6.07) is 10.9. The van der Waals surface area contributed by atoms with E-state index in [4.69, 9.17) is 0 Å². The second-order valence-electron chi connectivity index (χ2n) is 5.42. The van der Waals surface area contributed by atoms with Crippen molar-refractivity contribution in [1.82, 2.24) is 0 Å². The number of hydrogen-bond acceptors (Lipinski definition) is 4. The lowest BCUT2D eigenvalue weighted by Gasteiger charge is -2.21. The van der Waals surface area contributed by atoms with Crippen LogP contribution in [0.2, 0.25) is 0 Å². The van der Waals surface area contributed by atoms with Gasteiger partial charge in [0.2, 0.25) is 5.91 Å². The Morgan fingerprint density at radius 1 is 1.26 bits per heavy atom. The van der Waals surface area contributed by atoms with E-state index in [0.29, 0.717) is 11.3 Å². The third-order valence-electron chi connectivity index (χ3n) is 3.63. The van der Waals surface area contributed by atoms with Crippen molar-refractivity contribution in [2.24, 2.45) is 0 Å². The lowest BCUT2D eigenvalue weighted by atomic mass is 10.1. The maximum Gasteiger partial charge on any atom is 0.255 e. The van der Waals surface area contributed by atoms with Gasteiger partial charge in [-0.3, -0.25) is 9.59 Å². The smallest absolute Gasteiger partial charge is 0.255 e. The summed E-state index contributed by atoms with van der Waals surface area (Å²) in [6.07, 6.45) is 0. The molecule has 2 aromatic carbocycles. The van der Waals surface area contributed by atoms with Gasteiger partial charge in [-0.25, -0.2) is 0 Å². The molecule has 0 aromatic heterocycles. The predicted molar refractivity (Wildman–Crippen MR) is 96.8 cm³/mol. The highest BCUT2D eigenvalue weighted by Crippen LogP contribution is 2.36. The van der Waals surface area contributed by atoms with Gasteiger partial charge >= 0.3 is 0 Å². The summed E-state index contributed by atoms with van der Waals surface area (Å²) in [4.78, 5) is 26.0. The van der Waals surface area contributed by atoms with Crippen molar-refractivity contribution in [2.45, 2.75) is 28.9 Å². The average molecular weight is 344 g/mol. The fourth-order valence-electron chi connectivity index (χ4n) is 2.29. The summed E-state index contributed by atoms with van der Waals surface area (Å²) in [5, 5.41) is 5.58. The van der Waals surface area contributed by atoms with E-state index in [1.165, 1.54) is 11.8 Å². The van der Waals surface area contributed by atoms with Gasteiger partial charge in [0.15, 0.2) is 0 Å². The quantitative estimate of drug-likeness (QED) is 0.723. The van der Waals surface area contributed by atoms with Gasteiger partial charge in [-0.1, -0.05) is 0 Å². The van der Waals surface area contributed by atoms with E-state index < -0.39 is 0 Å². The van der Waals surface area contributed by atoms with Crippen molar-refractivity contribution in [3.63, 3.8) is 0 Å². The number of thiol groups is 1. The Balaban J connectivity index is 1.81. The molecule has 23 heavy (non-hydrogen) atoms. The Morgan fingerprint density at radius 2 is 2.04 bits per heavy atom. The van der Waals surface area contributed by atoms with Gasteiger partial charge in [0, 0.05) is 21.0 Å². The van der Waals surface area contributed by atoms with Crippen LogP contribution in [0.25, 0.3) is 0 Å². The molecule has 2 aromatic rings. The van der Waals surface area contributed by atoms with Crippen LogP contribution >= 0.6 is 24.4 Å². The molecule has 0 saturated heterocycles.